The van der Waals surface area contributed by atoms with Crippen LogP contribution in [-0.4, -0.2) is 41.1 Å². The summed E-state index contributed by atoms with van der Waals surface area (Å²) < 4.78 is 23.2. The first kappa shape index (κ1) is 17.3. The van der Waals surface area contributed by atoms with E-state index in [-0.39, 0.29) is 5.16 Å². The van der Waals surface area contributed by atoms with E-state index < -0.39 is 9.84 Å². The molecule has 0 radical (unpaired) electrons. The predicted molar refractivity (Wildman–Crippen MR) is 101 cm³/mol. The molecule has 1 aliphatic rings. The van der Waals surface area contributed by atoms with Gasteiger partial charge in [-0.05, 0) is 0 Å². The van der Waals surface area contributed by atoms with E-state index in [4.69, 9.17) is 0 Å². The Morgan fingerprint density at radius 2 is 1.96 bits per heavy atom. The first-order valence-corrected chi connectivity index (χ1v) is 11.0. The molecule has 26 heavy (non-hydrogen) atoms. The number of hydrogen-bond donors (Lipinski definition) is 0. The van der Waals surface area contributed by atoms with Gasteiger partial charge in [-0.15, -0.1) is 11.3 Å². The third kappa shape index (κ3) is 3.67. The van der Waals surface area contributed by atoms with Crippen LogP contribution in [0.1, 0.15) is 16.1 Å². The van der Waals surface area contributed by atoms with Crippen LogP contribution in [0.4, 0.5) is 0 Å². The topological polar surface area (TPSA) is 76.1 Å². The van der Waals surface area contributed by atoms with E-state index in [2.05, 4.69) is 32.0 Å². The third-order valence-electron chi connectivity index (χ3n) is 4.28. The van der Waals surface area contributed by atoms with Gasteiger partial charge in [0.2, 0.25) is 15.0 Å². The molecule has 0 saturated carbocycles. The molecule has 2 aromatic heterocycles. The van der Waals surface area contributed by atoms with E-state index in [1.54, 1.807) is 17.5 Å². The number of sulfone groups is 1. The van der Waals surface area contributed by atoms with Crippen molar-refractivity contribution in [2.24, 2.45) is 0 Å². The highest BCUT2D eigenvalue weighted by Gasteiger charge is 2.21. The second-order valence-corrected chi connectivity index (χ2v) is 9.38. The molecule has 8 heteroatoms. The monoisotopic (exact) mass is 386 g/mol. The van der Waals surface area contributed by atoms with Gasteiger partial charge < -0.3 is 0 Å². The van der Waals surface area contributed by atoms with E-state index in [0.29, 0.717) is 0 Å². The second-order valence-electron chi connectivity index (χ2n) is 6.36. The van der Waals surface area contributed by atoms with Crippen LogP contribution in [0.15, 0.2) is 47.9 Å². The molecule has 134 valence electrons. The average Bonchev–Trinajstić information content (AvgIpc) is 3.10. The summed E-state index contributed by atoms with van der Waals surface area (Å²) in [6.07, 6.45) is 5.45. The van der Waals surface area contributed by atoms with Gasteiger partial charge in [0, 0.05) is 60.7 Å². The van der Waals surface area contributed by atoms with Crippen molar-refractivity contribution in [3.05, 3.63) is 58.9 Å². The van der Waals surface area contributed by atoms with Crippen molar-refractivity contribution in [1.29, 1.82) is 0 Å². The summed E-state index contributed by atoms with van der Waals surface area (Å²) in [5.74, 6) is 0. The van der Waals surface area contributed by atoms with Crippen molar-refractivity contribution >= 4 is 21.2 Å². The zero-order chi connectivity index (χ0) is 18.1. The molecule has 0 fully saturated rings. The average molecular weight is 387 g/mol. The lowest BCUT2D eigenvalue weighted by atomic mass is 10.1. The summed E-state index contributed by atoms with van der Waals surface area (Å²) in [4.78, 5) is 16.3. The number of aromatic nitrogens is 3. The Bertz CT molecular complexity index is 1030. The molecule has 1 aromatic carbocycles. The Hall–Kier alpha value is -2.16. The quantitative estimate of drug-likeness (QED) is 0.642. The summed E-state index contributed by atoms with van der Waals surface area (Å²) in [5, 5.41) is 0.943. The SMILES string of the molecule is CS(=O)(=O)c1ncc2c(n1)CCN(Cc1cnc(-c3ccccc3)s1)C2. The molecular formula is C18H18N4O2S2. The number of benzene rings is 1. The number of hydrogen-bond acceptors (Lipinski definition) is 7. The van der Waals surface area contributed by atoms with Crippen molar-refractivity contribution in [1.82, 2.24) is 19.9 Å². The van der Waals surface area contributed by atoms with Gasteiger partial charge in [-0.3, -0.25) is 4.90 Å². The van der Waals surface area contributed by atoms with Crippen molar-refractivity contribution in [2.45, 2.75) is 24.7 Å². The van der Waals surface area contributed by atoms with Gasteiger partial charge in [0.05, 0.1) is 5.69 Å². The molecule has 6 nitrogen and oxygen atoms in total. The summed E-state index contributed by atoms with van der Waals surface area (Å²) in [6, 6.07) is 10.2. The Morgan fingerprint density at radius 3 is 2.73 bits per heavy atom. The highest BCUT2D eigenvalue weighted by atomic mass is 32.2. The van der Waals surface area contributed by atoms with Gasteiger partial charge >= 0.3 is 0 Å². The van der Waals surface area contributed by atoms with Crippen molar-refractivity contribution < 1.29 is 8.42 Å². The molecule has 0 aliphatic carbocycles. The van der Waals surface area contributed by atoms with Crippen LogP contribution in [0.25, 0.3) is 10.6 Å². The maximum Gasteiger partial charge on any atom is 0.246 e. The van der Waals surface area contributed by atoms with Crippen LogP contribution in [0, 0.1) is 0 Å². The summed E-state index contributed by atoms with van der Waals surface area (Å²) in [6.45, 7) is 2.38. The number of rotatable bonds is 4. The lowest BCUT2D eigenvalue weighted by Crippen LogP contribution is -2.31. The molecule has 1 aliphatic heterocycles. The fraction of sp³-hybridized carbons (Fsp3) is 0.278. The molecule has 3 aromatic rings. The Morgan fingerprint density at radius 1 is 1.15 bits per heavy atom. The van der Waals surface area contributed by atoms with Crippen LogP contribution in [0.2, 0.25) is 0 Å². The first-order chi connectivity index (χ1) is 12.5. The second kappa shape index (κ2) is 6.86. The van der Waals surface area contributed by atoms with Crippen LogP contribution in [-0.2, 0) is 29.3 Å². The largest absolute Gasteiger partial charge is 0.293 e. The Balaban J connectivity index is 1.48. The summed E-state index contributed by atoms with van der Waals surface area (Å²) >= 11 is 1.70. The number of nitrogens with zero attached hydrogens (tertiary/aromatic N) is 4. The number of fused-ring (bicyclic) bond motifs is 1. The van der Waals surface area contributed by atoms with Crippen molar-refractivity contribution in [2.75, 3.05) is 12.8 Å². The third-order valence-corrected chi connectivity index (χ3v) is 6.17. The van der Waals surface area contributed by atoms with Crippen LogP contribution >= 0.6 is 11.3 Å². The van der Waals surface area contributed by atoms with E-state index in [9.17, 15) is 8.42 Å². The molecule has 0 unspecified atom stereocenters. The molecule has 3 heterocycles. The standard InChI is InChI=1S/C18H18N4O2S2/c1-26(23,24)18-20-9-14-11-22(8-7-16(14)21-18)12-15-10-19-17(25-15)13-5-3-2-4-6-13/h2-6,9-10H,7-8,11-12H2,1H3. The molecule has 0 saturated heterocycles. The fourth-order valence-corrected chi connectivity index (χ4v) is 4.47. The van der Waals surface area contributed by atoms with E-state index >= 15 is 0 Å². The predicted octanol–water partition coefficient (Wildman–Crippen LogP) is 2.56. The van der Waals surface area contributed by atoms with Gasteiger partial charge in [-0.2, -0.15) is 0 Å². The van der Waals surface area contributed by atoms with Gasteiger partial charge in [0.1, 0.15) is 5.01 Å². The molecule has 4 rings (SSSR count). The molecular weight excluding hydrogens is 368 g/mol. The lowest BCUT2D eigenvalue weighted by molar-refractivity contribution is 0.244. The fourth-order valence-electron chi connectivity index (χ4n) is 2.99. The van der Waals surface area contributed by atoms with Gasteiger partial charge in [0.15, 0.2) is 0 Å². The van der Waals surface area contributed by atoms with Crippen molar-refractivity contribution in [3.63, 3.8) is 0 Å². The molecule has 0 amide bonds. The minimum Gasteiger partial charge on any atom is -0.293 e. The Kier molecular flexibility index (Phi) is 4.56. The molecule has 0 N–H and O–H groups in total. The normalized spacial score (nSPS) is 15.0. The van der Waals surface area contributed by atoms with Crippen LogP contribution in [0.5, 0.6) is 0 Å². The summed E-state index contributed by atoms with van der Waals surface area (Å²) in [5.41, 5.74) is 2.97. The van der Waals surface area contributed by atoms with Crippen LogP contribution in [0.3, 0.4) is 0 Å². The highest BCUT2D eigenvalue weighted by Crippen LogP contribution is 2.27. The zero-order valence-electron chi connectivity index (χ0n) is 14.3. The Labute approximate surface area is 156 Å². The number of thiazole rings is 1. The van der Waals surface area contributed by atoms with E-state index in [1.165, 1.54) is 4.88 Å². The van der Waals surface area contributed by atoms with Crippen molar-refractivity contribution in [3.8, 4) is 10.6 Å². The molecule has 0 spiro atoms. The van der Waals surface area contributed by atoms with E-state index in [0.717, 1.165) is 54.1 Å². The zero-order valence-corrected chi connectivity index (χ0v) is 15.9. The van der Waals surface area contributed by atoms with Gasteiger partial charge in [-0.1, -0.05) is 30.3 Å². The van der Waals surface area contributed by atoms with Crippen LogP contribution < -0.4 is 0 Å². The van der Waals surface area contributed by atoms with Gasteiger partial charge in [-0.25, -0.2) is 23.4 Å². The maximum absolute atomic E-state index is 11.6. The highest BCUT2D eigenvalue weighted by molar-refractivity contribution is 7.90. The van der Waals surface area contributed by atoms with E-state index in [1.807, 2.05) is 24.4 Å². The minimum atomic E-state index is -3.36. The smallest absolute Gasteiger partial charge is 0.246 e. The maximum atomic E-state index is 11.6. The molecule has 0 bridgehead atoms. The molecule has 0 atom stereocenters. The lowest BCUT2D eigenvalue weighted by Gasteiger charge is -2.27. The minimum absolute atomic E-state index is 0.0836. The van der Waals surface area contributed by atoms with Gasteiger partial charge in [0.25, 0.3) is 0 Å². The first-order valence-electron chi connectivity index (χ1n) is 8.26. The summed E-state index contributed by atoms with van der Waals surface area (Å²) in [7, 11) is -3.36.